The van der Waals surface area contributed by atoms with Gasteiger partial charge in [0.15, 0.2) is 5.58 Å². The predicted octanol–water partition coefficient (Wildman–Crippen LogP) is 2.73. The van der Waals surface area contributed by atoms with Crippen molar-refractivity contribution in [2.75, 3.05) is 5.32 Å². The van der Waals surface area contributed by atoms with Crippen molar-refractivity contribution in [2.45, 2.75) is 20.8 Å². The van der Waals surface area contributed by atoms with Crippen LogP contribution in [0.2, 0.25) is 0 Å². The number of carbonyl (C=O) groups excluding carboxylic acids is 1. The first kappa shape index (κ1) is 10.7. The molecule has 0 aliphatic rings. The van der Waals surface area contributed by atoms with Crippen LogP contribution in [0.15, 0.2) is 22.6 Å². The van der Waals surface area contributed by atoms with Gasteiger partial charge in [-0.25, -0.2) is 0 Å². The van der Waals surface area contributed by atoms with Gasteiger partial charge in [0, 0.05) is 5.92 Å². The molecule has 0 fully saturated rings. The van der Waals surface area contributed by atoms with Crippen LogP contribution in [0.3, 0.4) is 0 Å². The van der Waals surface area contributed by atoms with Crippen LogP contribution in [-0.4, -0.2) is 10.9 Å². The van der Waals surface area contributed by atoms with Crippen molar-refractivity contribution in [1.29, 1.82) is 0 Å². The minimum absolute atomic E-state index is 0.0863. The van der Waals surface area contributed by atoms with E-state index in [-0.39, 0.29) is 17.8 Å². The van der Waals surface area contributed by atoms with Gasteiger partial charge >= 0.3 is 6.01 Å². The largest absolute Gasteiger partial charge is 0.423 e. The number of aryl methyl sites for hydroxylation is 1. The van der Waals surface area contributed by atoms with E-state index in [0.29, 0.717) is 5.58 Å². The number of nitrogens with one attached hydrogen (secondary N) is 1. The molecule has 2 rings (SSSR count). The molecule has 0 spiro atoms. The third-order valence-corrected chi connectivity index (χ3v) is 2.30. The van der Waals surface area contributed by atoms with E-state index in [9.17, 15) is 4.79 Å². The second-order valence-corrected chi connectivity index (χ2v) is 4.13. The molecule has 4 heteroatoms. The number of fused-ring (bicyclic) bond motifs is 1. The summed E-state index contributed by atoms with van der Waals surface area (Å²) in [5.41, 5.74) is 2.55. The van der Waals surface area contributed by atoms with Crippen molar-refractivity contribution in [3.05, 3.63) is 23.8 Å². The Morgan fingerprint density at radius 1 is 1.44 bits per heavy atom. The fourth-order valence-electron chi connectivity index (χ4n) is 1.34. The molecule has 1 aromatic heterocycles. The molecule has 0 radical (unpaired) electrons. The van der Waals surface area contributed by atoms with Crippen LogP contribution in [-0.2, 0) is 4.79 Å². The van der Waals surface area contributed by atoms with Crippen molar-refractivity contribution in [1.82, 2.24) is 4.98 Å². The molecule has 1 aromatic carbocycles. The average molecular weight is 218 g/mol. The van der Waals surface area contributed by atoms with Gasteiger partial charge in [0.05, 0.1) is 0 Å². The van der Waals surface area contributed by atoms with Gasteiger partial charge in [0.25, 0.3) is 0 Å². The standard InChI is InChI=1S/C12H14N2O2/c1-7(2)11(15)14-12-13-9-5-4-8(3)6-10(9)16-12/h4-7H,1-3H3,(H,13,14,15). The topological polar surface area (TPSA) is 55.1 Å². The lowest BCUT2D eigenvalue weighted by atomic mass is 10.2. The van der Waals surface area contributed by atoms with Crippen LogP contribution in [0.5, 0.6) is 0 Å². The SMILES string of the molecule is Cc1ccc2nc(NC(=O)C(C)C)oc2c1. The van der Waals surface area contributed by atoms with E-state index in [1.165, 1.54) is 0 Å². The molecule has 4 nitrogen and oxygen atoms in total. The Kier molecular flexibility index (Phi) is 2.64. The number of carbonyl (C=O) groups is 1. The fraction of sp³-hybridized carbons (Fsp3) is 0.333. The molecular weight excluding hydrogens is 204 g/mol. The Labute approximate surface area is 93.7 Å². The Hall–Kier alpha value is -1.84. The molecule has 1 N–H and O–H groups in total. The monoisotopic (exact) mass is 218 g/mol. The number of nitrogens with zero attached hydrogens (tertiary/aromatic N) is 1. The quantitative estimate of drug-likeness (QED) is 0.843. The average Bonchev–Trinajstić information content (AvgIpc) is 2.58. The second kappa shape index (κ2) is 3.96. The van der Waals surface area contributed by atoms with Gasteiger partial charge < -0.3 is 4.42 Å². The summed E-state index contributed by atoms with van der Waals surface area (Å²) in [7, 11) is 0. The van der Waals surface area contributed by atoms with Crippen LogP contribution in [0.25, 0.3) is 11.1 Å². The van der Waals surface area contributed by atoms with Crippen molar-refractivity contribution in [3.8, 4) is 0 Å². The van der Waals surface area contributed by atoms with Gasteiger partial charge in [-0.3, -0.25) is 10.1 Å². The number of anilines is 1. The van der Waals surface area contributed by atoms with E-state index in [2.05, 4.69) is 10.3 Å². The van der Waals surface area contributed by atoms with Gasteiger partial charge in [-0.2, -0.15) is 4.98 Å². The normalized spacial score (nSPS) is 11.0. The number of benzene rings is 1. The predicted molar refractivity (Wildman–Crippen MR) is 62.2 cm³/mol. The lowest BCUT2D eigenvalue weighted by Gasteiger charge is -2.01. The second-order valence-electron chi connectivity index (χ2n) is 4.13. The first-order valence-electron chi connectivity index (χ1n) is 5.24. The molecule has 0 aliphatic carbocycles. The summed E-state index contributed by atoms with van der Waals surface area (Å²) in [5.74, 6) is -0.181. The first-order chi connectivity index (χ1) is 7.56. The Bertz CT molecular complexity index is 529. The van der Waals surface area contributed by atoms with Gasteiger partial charge in [-0.15, -0.1) is 0 Å². The van der Waals surface area contributed by atoms with Crippen LogP contribution in [0.4, 0.5) is 6.01 Å². The van der Waals surface area contributed by atoms with Crippen LogP contribution in [0.1, 0.15) is 19.4 Å². The minimum Gasteiger partial charge on any atom is -0.423 e. The molecule has 0 bridgehead atoms. The summed E-state index contributed by atoms with van der Waals surface area (Å²) in [5, 5.41) is 2.63. The van der Waals surface area contributed by atoms with Crippen molar-refractivity contribution in [2.24, 2.45) is 5.92 Å². The maximum absolute atomic E-state index is 11.4. The van der Waals surface area contributed by atoms with Gasteiger partial charge in [-0.1, -0.05) is 19.9 Å². The molecule has 0 aliphatic heterocycles. The molecule has 1 amide bonds. The van der Waals surface area contributed by atoms with E-state index < -0.39 is 0 Å². The van der Waals surface area contributed by atoms with Crippen LogP contribution in [0, 0.1) is 12.8 Å². The highest BCUT2D eigenvalue weighted by Crippen LogP contribution is 2.20. The highest BCUT2D eigenvalue weighted by molar-refractivity contribution is 5.91. The van der Waals surface area contributed by atoms with E-state index in [1.807, 2.05) is 39.0 Å². The molecule has 1 heterocycles. The van der Waals surface area contributed by atoms with E-state index in [0.717, 1.165) is 11.1 Å². The Balaban J connectivity index is 2.29. The fourth-order valence-corrected chi connectivity index (χ4v) is 1.34. The summed E-state index contributed by atoms with van der Waals surface area (Å²) >= 11 is 0. The number of aromatic nitrogens is 1. The van der Waals surface area contributed by atoms with E-state index in [4.69, 9.17) is 4.42 Å². The van der Waals surface area contributed by atoms with Gasteiger partial charge in [0.1, 0.15) is 5.52 Å². The third kappa shape index (κ3) is 2.05. The Morgan fingerprint density at radius 3 is 2.88 bits per heavy atom. The smallest absolute Gasteiger partial charge is 0.302 e. The lowest BCUT2D eigenvalue weighted by Crippen LogP contribution is -2.17. The van der Waals surface area contributed by atoms with E-state index in [1.54, 1.807) is 0 Å². The number of rotatable bonds is 2. The van der Waals surface area contributed by atoms with E-state index >= 15 is 0 Å². The van der Waals surface area contributed by atoms with Gasteiger partial charge in [-0.05, 0) is 24.6 Å². The first-order valence-corrected chi connectivity index (χ1v) is 5.24. The van der Waals surface area contributed by atoms with Crippen LogP contribution >= 0.6 is 0 Å². The third-order valence-electron chi connectivity index (χ3n) is 2.30. The zero-order chi connectivity index (χ0) is 11.7. The zero-order valence-electron chi connectivity index (χ0n) is 9.57. The molecule has 0 unspecified atom stereocenters. The summed E-state index contributed by atoms with van der Waals surface area (Å²) in [4.78, 5) is 15.6. The summed E-state index contributed by atoms with van der Waals surface area (Å²) in [6, 6.07) is 5.99. The number of oxazole rings is 1. The zero-order valence-corrected chi connectivity index (χ0v) is 9.57. The van der Waals surface area contributed by atoms with Crippen molar-refractivity contribution < 1.29 is 9.21 Å². The molecule has 2 aromatic rings. The minimum atomic E-state index is -0.0942. The number of hydrogen-bond acceptors (Lipinski definition) is 3. The number of amides is 1. The summed E-state index contributed by atoms with van der Waals surface area (Å²) in [6.45, 7) is 5.62. The molecule has 0 saturated carbocycles. The molecule has 84 valence electrons. The van der Waals surface area contributed by atoms with Crippen molar-refractivity contribution >= 4 is 23.0 Å². The molecule has 0 saturated heterocycles. The van der Waals surface area contributed by atoms with Crippen molar-refractivity contribution in [3.63, 3.8) is 0 Å². The summed E-state index contributed by atoms with van der Waals surface area (Å²) in [6.07, 6.45) is 0. The molecular formula is C12H14N2O2. The highest BCUT2D eigenvalue weighted by Gasteiger charge is 2.11. The molecule has 0 atom stereocenters. The van der Waals surface area contributed by atoms with Crippen LogP contribution < -0.4 is 5.32 Å². The Morgan fingerprint density at radius 2 is 2.19 bits per heavy atom. The number of hydrogen-bond donors (Lipinski definition) is 1. The summed E-state index contributed by atoms with van der Waals surface area (Å²) < 4.78 is 5.43. The maximum atomic E-state index is 11.4. The lowest BCUT2D eigenvalue weighted by molar-refractivity contribution is -0.119. The highest BCUT2D eigenvalue weighted by atomic mass is 16.4. The maximum Gasteiger partial charge on any atom is 0.302 e. The molecule has 16 heavy (non-hydrogen) atoms. The van der Waals surface area contributed by atoms with Gasteiger partial charge in [0.2, 0.25) is 5.91 Å².